The molecular weight excluding hydrogens is 1680 g/mol. The molecule has 0 saturated carbocycles. The molecule has 2 saturated heterocycles. The number of aliphatic hydroxyl groups excluding tert-OH is 1. The quantitative estimate of drug-likeness (QED) is 0.0152. The van der Waals surface area contributed by atoms with E-state index in [1.807, 2.05) is 13.8 Å². The van der Waals surface area contributed by atoms with E-state index in [0.29, 0.717) is 69.9 Å². The summed E-state index contributed by atoms with van der Waals surface area (Å²) in [5.41, 5.74) is 19.9. The summed E-state index contributed by atoms with van der Waals surface area (Å²) < 4.78 is 0. The third-order valence-electron chi connectivity index (χ3n) is 23.0. The van der Waals surface area contributed by atoms with E-state index < -0.39 is 217 Å². The first-order valence-electron chi connectivity index (χ1n) is 43.6. The zero-order chi connectivity index (χ0) is 95.2. The van der Waals surface area contributed by atoms with Crippen molar-refractivity contribution in [1.29, 1.82) is 5.41 Å². The van der Waals surface area contributed by atoms with Gasteiger partial charge in [-0.3, -0.25) is 86.9 Å². The average Bonchev–Trinajstić information content (AvgIpc) is 1.60. The fraction of sp³-hybridized carbons (Fsp3) is 0.511. The number of hydrogen-bond donors (Lipinski definition) is 19. The number of carbonyl (C=O) groups excluding carboxylic acids is 17. The van der Waals surface area contributed by atoms with Crippen molar-refractivity contribution in [3.05, 3.63) is 126 Å². The molecule has 0 aliphatic carbocycles. The van der Waals surface area contributed by atoms with E-state index in [1.54, 1.807) is 105 Å². The maximum absolute atomic E-state index is 15.7. The maximum atomic E-state index is 15.7. The molecule has 42 heteroatoms. The Labute approximate surface area is 752 Å². The van der Waals surface area contributed by atoms with Crippen LogP contribution in [0.15, 0.2) is 104 Å². The Bertz CT molecular complexity index is 5000. The van der Waals surface area contributed by atoms with Crippen molar-refractivity contribution in [3.8, 4) is 0 Å². The fourth-order valence-corrected chi connectivity index (χ4v) is 15.8. The van der Waals surface area contributed by atoms with Gasteiger partial charge in [0.25, 0.3) is 0 Å². The molecule has 2 aliphatic heterocycles. The molecule has 3 aromatic heterocycles. The third kappa shape index (κ3) is 28.8. The molecule has 2 fully saturated rings. The molecule has 0 radical (unpaired) electrons. The molecule has 3 aromatic carbocycles. The second kappa shape index (κ2) is 48.9. The molecule has 42 nitrogen and oxygen atoms in total. The minimum absolute atomic E-state index is 0.00169. The Morgan fingerprint density at radius 1 is 0.523 bits per heavy atom. The van der Waals surface area contributed by atoms with Crippen LogP contribution in [-0.2, 0) is 107 Å². The number of aliphatic hydroxyl groups is 1. The second-order valence-electron chi connectivity index (χ2n) is 33.3. The summed E-state index contributed by atoms with van der Waals surface area (Å²) in [7, 11) is 5.16. The van der Waals surface area contributed by atoms with Crippen molar-refractivity contribution in [3.63, 3.8) is 0 Å². The first-order valence-corrected chi connectivity index (χ1v) is 43.6. The Morgan fingerprint density at radius 3 is 1.65 bits per heavy atom. The number of aromatic amines is 3. The molecule has 0 bridgehead atoms. The smallest absolute Gasteiger partial charge is 0.246 e. The lowest BCUT2D eigenvalue weighted by Gasteiger charge is -2.36. The summed E-state index contributed by atoms with van der Waals surface area (Å²) in [5.74, 6) is -17.2. The van der Waals surface area contributed by atoms with Gasteiger partial charge in [-0.25, -0.2) is 4.98 Å². The number of amides is 17. The largest absolute Gasteiger partial charge is 0.394 e. The van der Waals surface area contributed by atoms with Crippen LogP contribution in [0.2, 0.25) is 0 Å². The van der Waals surface area contributed by atoms with Crippen molar-refractivity contribution in [2.24, 2.45) is 23.1 Å². The number of aromatic nitrogens is 4. The molecule has 0 spiro atoms. The average molecular weight is 1810 g/mol. The van der Waals surface area contributed by atoms with Crippen LogP contribution in [0, 0.1) is 11.3 Å². The van der Waals surface area contributed by atoms with Gasteiger partial charge in [-0.05, 0) is 86.6 Å². The molecule has 13 atom stereocenters. The second-order valence-corrected chi connectivity index (χ2v) is 33.3. The number of nitrogens with two attached hydrogens (primary N) is 3. The summed E-state index contributed by atoms with van der Waals surface area (Å²) in [6.45, 7) is 5.68. The Morgan fingerprint density at radius 2 is 1.05 bits per heavy atom. The number of likely N-dealkylation sites (N-methyl/N-ethyl adjacent to an activating group) is 4. The number of primary amides is 2. The lowest BCUT2D eigenvalue weighted by atomic mass is 10.00. The van der Waals surface area contributed by atoms with Crippen molar-refractivity contribution < 1.29 is 86.6 Å². The molecule has 8 rings (SSSR count). The summed E-state index contributed by atoms with van der Waals surface area (Å²) in [6.07, 6.45) is 4.54. The topological polar surface area (TPSA) is 621 Å². The minimum Gasteiger partial charge on any atom is -0.394 e. The zero-order valence-corrected chi connectivity index (χ0v) is 74.8. The molecule has 5 heterocycles. The summed E-state index contributed by atoms with van der Waals surface area (Å²) in [5, 5.41) is 49.0. The third-order valence-corrected chi connectivity index (χ3v) is 23.0. The normalized spacial score (nSPS) is 23.5. The number of hydrogen-bond acceptors (Lipinski definition) is 20. The van der Waals surface area contributed by atoms with E-state index >= 15 is 33.6 Å². The van der Waals surface area contributed by atoms with E-state index in [-0.39, 0.29) is 89.6 Å². The molecule has 704 valence electrons. The van der Waals surface area contributed by atoms with Crippen molar-refractivity contribution in [1.82, 2.24) is 103 Å². The highest BCUT2D eigenvalue weighted by Crippen LogP contribution is 2.26. The van der Waals surface area contributed by atoms with Gasteiger partial charge in [0, 0.05) is 113 Å². The van der Waals surface area contributed by atoms with Gasteiger partial charge in [0.15, 0.2) is 5.96 Å². The lowest BCUT2D eigenvalue weighted by Crippen LogP contribution is -2.61. The molecule has 130 heavy (non-hydrogen) atoms. The van der Waals surface area contributed by atoms with Gasteiger partial charge in [0.2, 0.25) is 100 Å². The predicted molar refractivity (Wildman–Crippen MR) is 477 cm³/mol. The Kier molecular flexibility index (Phi) is 38.2. The number of carbonyl (C=O) groups is 17. The number of para-hydroxylation sites is 2. The number of nitrogens with one attached hydrogen (secondary N) is 15. The number of H-pyrrole nitrogens is 3. The standard InChI is InChI=1S/C88H124N24O18/c1-10-12-30-68-81(124)101-59(29-21-33-94-88(91)92)77(120)102-62(76(119)97-45-72(90)115)41-73(116)100-64(36-51-23-15-14-16-24-51)84(127)109(7)50(5)75(118)104-66(40-71(89)114)86(129)112-34-22-32-69(112)82(125)103-61(39-54-44-93-48-98-54)79(122)105-63(35-49(3)4)83(126)108(6)46-74(117)99-60(37-52-42-95-57-27-19-17-25-55(52)57)78(121)107-67(47-113)80(123)106-65(38-53-43-96-58-28-20-18-26-56(53)58)85(128)111(9)70(31-13-11-2)87(130)110(68)8/h14-20,23-28,42-44,48-50,59-70,95-96,113H,10-13,21-22,29-41,45-47H2,1-9H3,(H2,89,114)(H2,90,115)(H,93,98)(H,97,119)(H,99,117)(H,100,116)(H,101,124)(H,102,120)(H,103,125)(H,104,118)(H,105,122)(H,106,123)(H,107,121)(H4,91,92,94). The van der Waals surface area contributed by atoms with Gasteiger partial charge in [-0.1, -0.05) is 120 Å². The highest BCUT2D eigenvalue weighted by Gasteiger charge is 2.44. The minimum atomic E-state index is -1.93. The molecule has 17 amide bonds. The number of fused-ring (bicyclic) bond motifs is 3. The molecule has 13 unspecified atom stereocenters. The summed E-state index contributed by atoms with van der Waals surface area (Å²) in [4.78, 5) is 268. The first-order chi connectivity index (χ1) is 61.9. The SMILES string of the molecule is CCCCC1C(=O)N(C)C(CCCC)C(=O)NC(CCCNC(=N)N)C(=O)NC(C(=O)NCC(N)=O)CC(=O)NC(Cc2ccccc2)C(=O)N(C)C(C)C(=O)NC(CC(N)=O)C(=O)N2CCCC2C(=O)NC(Cc2cnc[nH]2)C(=O)NC(CC(C)C)C(=O)N(C)CC(=O)NC(Cc2c[nH]c3ccccc23)C(=O)NC(CO)C(=O)NC(Cc2c[nH]c3ccccc23)C(=O)N1C. The van der Waals surface area contributed by atoms with Crippen LogP contribution >= 0.6 is 0 Å². The Balaban J connectivity index is 1.20. The van der Waals surface area contributed by atoms with Crippen LogP contribution in [0.1, 0.15) is 140 Å². The van der Waals surface area contributed by atoms with Gasteiger partial charge < -0.3 is 120 Å². The monoisotopic (exact) mass is 1800 g/mol. The first kappa shape index (κ1) is 102. The number of imidazole rings is 1. The van der Waals surface area contributed by atoms with Gasteiger partial charge in [0.05, 0.1) is 38.9 Å². The van der Waals surface area contributed by atoms with E-state index in [4.69, 9.17) is 22.6 Å². The molecule has 2 aliphatic rings. The summed E-state index contributed by atoms with van der Waals surface area (Å²) in [6, 6.07) is 1.82. The number of nitrogens with zero attached hydrogens (tertiary/aromatic N) is 6. The van der Waals surface area contributed by atoms with Crippen molar-refractivity contribution in [2.75, 3.05) is 61.0 Å². The maximum Gasteiger partial charge on any atom is 0.246 e. The van der Waals surface area contributed by atoms with Crippen LogP contribution in [0.5, 0.6) is 0 Å². The van der Waals surface area contributed by atoms with Crippen LogP contribution in [0.25, 0.3) is 21.8 Å². The van der Waals surface area contributed by atoms with E-state index in [9.17, 15) is 53.1 Å². The van der Waals surface area contributed by atoms with Crippen LogP contribution in [0.3, 0.4) is 0 Å². The van der Waals surface area contributed by atoms with Gasteiger partial charge in [-0.15, -0.1) is 0 Å². The number of rotatable bonds is 26. The molecule has 22 N–H and O–H groups in total. The van der Waals surface area contributed by atoms with Crippen LogP contribution in [-0.4, -0.2) is 295 Å². The van der Waals surface area contributed by atoms with E-state index in [0.717, 1.165) is 24.5 Å². The highest BCUT2D eigenvalue weighted by atomic mass is 16.3. The molecule has 6 aromatic rings. The highest BCUT2D eigenvalue weighted by molar-refractivity contribution is 6.03. The summed E-state index contributed by atoms with van der Waals surface area (Å²) >= 11 is 0. The number of benzene rings is 3. The Hall–Kier alpha value is -13.8. The fourth-order valence-electron chi connectivity index (χ4n) is 15.8. The number of guanidine groups is 1. The number of unbranched alkanes of at least 4 members (excludes halogenated alkanes) is 2. The van der Waals surface area contributed by atoms with Gasteiger partial charge in [0.1, 0.15) is 78.5 Å². The van der Waals surface area contributed by atoms with Crippen LogP contribution < -0.4 is 75.7 Å². The van der Waals surface area contributed by atoms with E-state index in [1.165, 1.54) is 47.6 Å². The van der Waals surface area contributed by atoms with Gasteiger partial charge in [-0.2, -0.15) is 0 Å². The predicted octanol–water partition coefficient (Wildman–Crippen LogP) is -2.48. The molecular formula is C88H124N24O18. The van der Waals surface area contributed by atoms with Gasteiger partial charge >= 0.3 is 0 Å². The lowest BCUT2D eigenvalue weighted by molar-refractivity contribution is -0.149. The van der Waals surface area contributed by atoms with Crippen LogP contribution in [0.4, 0.5) is 0 Å². The van der Waals surface area contributed by atoms with Crippen molar-refractivity contribution >= 4 is 128 Å². The van der Waals surface area contributed by atoms with E-state index in [2.05, 4.69) is 78.4 Å². The zero-order valence-electron chi connectivity index (χ0n) is 74.8. The van der Waals surface area contributed by atoms with Crippen molar-refractivity contribution in [2.45, 2.75) is 222 Å².